The number of rotatable bonds is 4. The van der Waals surface area contributed by atoms with Crippen LogP contribution in [0.4, 0.5) is 9.18 Å². The Morgan fingerprint density at radius 3 is 2.45 bits per heavy atom. The third-order valence-electron chi connectivity index (χ3n) is 6.84. The molecule has 7 nitrogen and oxygen atoms in total. The molecule has 0 saturated heterocycles. The van der Waals surface area contributed by atoms with Gasteiger partial charge in [0.25, 0.3) is 5.91 Å². The molecule has 2 N–H and O–H groups in total. The summed E-state index contributed by atoms with van der Waals surface area (Å²) in [6, 6.07) is 7.97. The van der Waals surface area contributed by atoms with Crippen molar-refractivity contribution < 1.29 is 18.7 Å². The third kappa shape index (κ3) is 3.86. The number of halogens is 1. The van der Waals surface area contributed by atoms with Gasteiger partial charge < -0.3 is 15.4 Å². The lowest BCUT2D eigenvalue weighted by Gasteiger charge is -2.61. The van der Waals surface area contributed by atoms with Gasteiger partial charge in [-0.05, 0) is 75.5 Å². The van der Waals surface area contributed by atoms with E-state index in [2.05, 4.69) is 20.6 Å². The Morgan fingerprint density at radius 1 is 1.06 bits per heavy atom. The minimum atomic E-state index is -0.633. The Morgan fingerprint density at radius 2 is 1.77 bits per heavy atom. The van der Waals surface area contributed by atoms with Crippen LogP contribution in [0.3, 0.4) is 0 Å². The van der Waals surface area contributed by atoms with Crippen LogP contribution in [0.25, 0.3) is 0 Å². The molecule has 0 radical (unpaired) electrons. The maximum absolute atomic E-state index is 14.1. The number of pyridine rings is 2. The van der Waals surface area contributed by atoms with E-state index < -0.39 is 28.9 Å². The lowest BCUT2D eigenvalue weighted by molar-refractivity contribution is -0.0450. The van der Waals surface area contributed by atoms with Gasteiger partial charge in [0.15, 0.2) is 11.5 Å². The van der Waals surface area contributed by atoms with Gasteiger partial charge in [-0.25, -0.2) is 19.2 Å². The first-order valence-corrected chi connectivity index (χ1v) is 10.7. The third-order valence-corrected chi connectivity index (χ3v) is 6.84. The zero-order chi connectivity index (χ0) is 21.6. The van der Waals surface area contributed by atoms with E-state index in [1.807, 2.05) is 13.0 Å². The molecule has 2 atom stereocenters. The highest BCUT2D eigenvalue weighted by Crippen LogP contribution is 2.57. The molecule has 2 unspecified atom stereocenters. The number of ether oxygens (including phenoxy) is 1. The molecule has 31 heavy (non-hydrogen) atoms. The van der Waals surface area contributed by atoms with Gasteiger partial charge in [-0.15, -0.1) is 0 Å². The predicted molar refractivity (Wildman–Crippen MR) is 110 cm³/mol. The van der Waals surface area contributed by atoms with Gasteiger partial charge in [0.2, 0.25) is 5.88 Å². The summed E-state index contributed by atoms with van der Waals surface area (Å²) in [6.45, 7) is 1.83. The number of carbonyl (C=O) groups excluding carboxylic acids is 2. The lowest BCUT2D eigenvalue weighted by atomic mass is 9.50. The first-order valence-electron chi connectivity index (χ1n) is 10.7. The topological polar surface area (TPSA) is 93.2 Å². The maximum Gasteiger partial charge on any atom is 0.414 e. The van der Waals surface area contributed by atoms with Crippen molar-refractivity contribution >= 4 is 12.0 Å². The fraction of sp³-hybridized carbons (Fsp3) is 0.478. The SMILES string of the molecule is Cc1cccc(OC(=O)NC23CC4CC(C2)CC(NC(=O)c2ncccc2F)(C4)C3)n1. The zero-order valence-electron chi connectivity index (χ0n) is 17.4. The number of amides is 2. The van der Waals surface area contributed by atoms with Crippen LogP contribution in [0.15, 0.2) is 36.5 Å². The van der Waals surface area contributed by atoms with Gasteiger partial charge in [0, 0.05) is 29.0 Å². The summed E-state index contributed by atoms with van der Waals surface area (Å²) in [4.78, 5) is 33.6. The van der Waals surface area contributed by atoms with E-state index in [-0.39, 0.29) is 11.6 Å². The van der Waals surface area contributed by atoms with Crippen LogP contribution in [0.5, 0.6) is 5.88 Å². The second-order valence-corrected chi connectivity index (χ2v) is 9.44. The summed E-state index contributed by atoms with van der Waals surface area (Å²) in [5.74, 6) is -0.0792. The van der Waals surface area contributed by atoms with Gasteiger partial charge >= 0.3 is 6.09 Å². The average molecular weight is 424 g/mol. The molecule has 8 heteroatoms. The van der Waals surface area contributed by atoms with Crippen LogP contribution < -0.4 is 15.4 Å². The number of aromatic nitrogens is 2. The summed E-state index contributed by atoms with van der Waals surface area (Å²) in [7, 11) is 0. The van der Waals surface area contributed by atoms with Crippen molar-refractivity contribution in [2.75, 3.05) is 0 Å². The molecular weight excluding hydrogens is 399 g/mol. The molecule has 4 aliphatic rings. The van der Waals surface area contributed by atoms with E-state index in [1.165, 1.54) is 18.3 Å². The van der Waals surface area contributed by atoms with Crippen molar-refractivity contribution in [3.63, 3.8) is 0 Å². The van der Waals surface area contributed by atoms with Gasteiger partial charge in [-0.2, -0.15) is 0 Å². The van der Waals surface area contributed by atoms with Gasteiger partial charge in [0.1, 0.15) is 0 Å². The molecule has 2 aromatic rings. The maximum atomic E-state index is 14.1. The summed E-state index contributed by atoms with van der Waals surface area (Å²) in [5.41, 5.74) is -0.338. The Balaban J connectivity index is 1.33. The van der Waals surface area contributed by atoms with E-state index in [0.29, 0.717) is 18.3 Å². The standard InChI is InChI=1S/C23H25FN4O3/c1-14-4-2-6-18(26-14)31-21(30)28-23-11-15-8-16(12-23)10-22(9-15,13-23)27-20(29)19-17(24)5-3-7-25-19/h2-7,15-16H,8-13H2,1H3,(H,27,29)(H,28,30). The first-order chi connectivity index (χ1) is 14.8. The van der Waals surface area contributed by atoms with E-state index in [0.717, 1.165) is 37.8 Å². The molecule has 4 fully saturated rings. The Bertz CT molecular complexity index is 1030. The van der Waals surface area contributed by atoms with Crippen molar-refractivity contribution in [1.29, 1.82) is 0 Å². The summed E-state index contributed by atoms with van der Waals surface area (Å²) in [6.07, 6.45) is 5.96. The molecule has 4 bridgehead atoms. The van der Waals surface area contributed by atoms with Gasteiger partial charge in [0.05, 0.1) is 0 Å². The van der Waals surface area contributed by atoms with Crippen LogP contribution in [0.1, 0.15) is 54.7 Å². The largest absolute Gasteiger partial charge is 0.414 e. The molecule has 6 rings (SSSR count). The molecule has 2 heterocycles. The Hall–Kier alpha value is -3.03. The van der Waals surface area contributed by atoms with E-state index >= 15 is 0 Å². The zero-order valence-corrected chi connectivity index (χ0v) is 17.4. The molecule has 0 aromatic carbocycles. The van der Waals surface area contributed by atoms with E-state index in [9.17, 15) is 14.0 Å². The molecule has 2 aromatic heterocycles. The number of nitrogens with one attached hydrogen (secondary N) is 2. The van der Waals surface area contributed by atoms with Crippen LogP contribution in [-0.2, 0) is 0 Å². The quantitative estimate of drug-likeness (QED) is 0.783. The van der Waals surface area contributed by atoms with E-state index in [1.54, 1.807) is 12.1 Å². The molecule has 2 amide bonds. The van der Waals surface area contributed by atoms with Crippen LogP contribution >= 0.6 is 0 Å². The Kier molecular flexibility index (Phi) is 4.68. The summed E-state index contributed by atoms with van der Waals surface area (Å²) >= 11 is 0. The van der Waals surface area contributed by atoms with Crippen molar-refractivity contribution in [2.45, 2.75) is 56.5 Å². The number of nitrogens with zero attached hydrogens (tertiary/aromatic N) is 2. The van der Waals surface area contributed by atoms with Crippen molar-refractivity contribution in [3.05, 3.63) is 53.7 Å². The smallest absolute Gasteiger partial charge is 0.391 e. The molecule has 0 spiro atoms. The van der Waals surface area contributed by atoms with Crippen molar-refractivity contribution in [3.8, 4) is 5.88 Å². The molecule has 4 aliphatic carbocycles. The first kappa shape index (κ1) is 19.9. The van der Waals surface area contributed by atoms with Crippen molar-refractivity contribution in [2.24, 2.45) is 11.8 Å². The minimum Gasteiger partial charge on any atom is -0.391 e. The lowest BCUT2D eigenvalue weighted by Crippen LogP contribution is -2.70. The molecule has 4 saturated carbocycles. The number of hydrogen-bond donors (Lipinski definition) is 2. The van der Waals surface area contributed by atoms with Crippen LogP contribution in [0, 0.1) is 24.6 Å². The number of hydrogen-bond acceptors (Lipinski definition) is 5. The van der Waals surface area contributed by atoms with Gasteiger partial charge in [-0.3, -0.25) is 4.79 Å². The van der Waals surface area contributed by atoms with Crippen LogP contribution in [-0.4, -0.2) is 33.0 Å². The summed E-state index contributed by atoms with van der Waals surface area (Å²) < 4.78 is 19.5. The number of carbonyl (C=O) groups is 2. The summed E-state index contributed by atoms with van der Waals surface area (Å²) in [5, 5.41) is 6.19. The molecule has 162 valence electrons. The fourth-order valence-corrected chi connectivity index (χ4v) is 6.32. The predicted octanol–water partition coefficient (Wildman–Crippen LogP) is 3.53. The molecule has 0 aliphatic heterocycles. The highest BCUT2D eigenvalue weighted by molar-refractivity contribution is 5.93. The normalized spacial score (nSPS) is 30.6. The monoisotopic (exact) mass is 424 g/mol. The van der Waals surface area contributed by atoms with E-state index in [4.69, 9.17) is 4.74 Å². The fourth-order valence-electron chi connectivity index (χ4n) is 6.32. The second-order valence-electron chi connectivity index (χ2n) is 9.44. The highest BCUT2D eigenvalue weighted by atomic mass is 19.1. The van der Waals surface area contributed by atoms with Crippen LogP contribution in [0.2, 0.25) is 0 Å². The second kappa shape index (κ2) is 7.28. The van der Waals surface area contributed by atoms with Crippen molar-refractivity contribution in [1.82, 2.24) is 20.6 Å². The highest BCUT2D eigenvalue weighted by Gasteiger charge is 2.59. The molecular formula is C23H25FN4O3. The van der Waals surface area contributed by atoms with Gasteiger partial charge in [-0.1, -0.05) is 6.07 Å². The Labute approximate surface area is 179 Å². The number of aryl methyl sites for hydroxylation is 1. The minimum absolute atomic E-state index is 0.190. The average Bonchev–Trinajstić information content (AvgIpc) is 2.66.